The summed E-state index contributed by atoms with van der Waals surface area (Å²) in [6.45, 7) is 0.798. The molecule has 0 bridgehead atoms. The van der Waals surface area contributed by atoms with Gasteiger partial charge in [-0.15, -0.1) is 0 Å². The maximum atomic E-state index is 11.9. The van der Waals surface area contributed by atoms with E-state index in [2.05, 4.69) is 20.0 Å². The van der Waals surface area contributed by atoms with Gasteiger partial charge in [-0.1, -0.05) is 28.5 Å². The minimum Gasteiger partial charge on any atom is -0.296 e. The van der Waals surface area contributed by atoms with Gasteiger partial charge in [0.2, 0.25) is 5.91 Å². The number of hydrogen-bond donors (Lipinski definition) is 0. The highest BCUT2D eigenvalue weighted by Crippen LogP contribution is 2.26. The van der Waals surface area contributed by atoms with Crippen LogP contribution in [0.1, 0.15) is 6.42 Å². The lowest BCUT2D eigenvalue weighted by Gasteiger charge is -2.15. The Morgan fingerprint density at radius 2 is 2.47 bits per heavy atom. The van der Waals surface area contributed by atoms with Gasteiger partial charge in [0.1, 0.15) is 11.0 Å². The minimum atomic E-state index is -0.0417. The summed E-state index contributed by atoms with van der Waals surface area (Å²) in [6.07, 6.45) is 2.20. The molecule has 0 N–H and O–H groups in total. The van der Waals surface area contributed by atoms with Crippen LogP contribution in [0.4, 0.5) is 5.82 Å². The van der Waals surface area contributed by atoms with Crippen molar-refractivity contribution >= 4 is 35.1 Å². The number of carbonyl (C=O) groups is 1. The van der Waals surface area contributed by atoms with Crippen LogP contribution in [0.3, 0.4) is 0 Å². The molecule has 1 unspecified atom stereocenters. The van der Waals surface area contributed by atoms with Crippen molar-refractivity contribution in [3.63, 3.8) is 0 Å². The zero-order chi connectivity index (χ0) is 13.8. The summed E-state index contributed by atoms with van der Waals surface area (Å²) in [7, 11) is 0. The average molecular weight is 299 g/mol. The van der Waals surface area contributed by atoms with E-state index in [0.717, 1.165) is 0 Å². The summed E-state index contributed by atoms with van der Waals surface area (Å²) in [4.78, 5) is 24.5. The first-order valence-electron chi connectivity index (χ1n) is 5.54. The van der Waals surface area contributed by atoms with E-state index in [0.29, 0.717) is 35.6 Å². The molecule has 100 valence electrons. The van der Waals surface area contributed by atoms with Crippen LogP contribution in [0.2, 0.25) is 5.15 Å². The van der Waals surface area contributed by atoms with Crippen LogP contribution in [0, 0.1) is 5.92 Å². The predicted molar refractivity (Wildman–Crippen MR) is 73.3 cm³/mol. The molecule has 2 heterocycles. The Hall–Kier alpha value is -1.50. The van der Waals surface area contributed by atoms with E-state index in [-0.39, 0.29) is 11.8 Å². The van der Waals surface area contributed by atoms with Gasteiger partial charge < -0.3 is 0 Å². The summed E-state index contributed by atoms with van der Waals surface area (Å²) in [5, 5.41) is 4.33. The number of anilines is 1. The lowest BCUT2D eigenvalue weighted by Crippen LogP contribution is -2.26. The van der Waals surface area contributed by atoms with Gasteiger partial charge in [0.15, 0.2) is 5.16 Å². The summed E-state index contributed by atoms with van der Waals surface area (Å²) in [5.74, 6) is 0.479. The Balaban J connectivity index is 2.20. The van der Waals surface area contributed by atoms with Gasteiger partial charge in [-0.3, -0.25) is 9.69 Å². The normalized spacial score (nSPS) is 18.5. The van der Waals surface area contributed by atoms with Crippen LogP contribution < -0.4 is 4.90 Å². The summed E-state index contributed by atoms with van der Waals surface area (Å²) in [5.41, 5.74) is 8.30. The topological polar surface area (TPSA) is 94.9 Å². The number of halogens is 1. The molecule has 0 radical (unpaired) electrons. The van der Waals surface area contributed by atoms with Crippen molar-refractivity contribution < 1.29 is 4.79 Å². The Bertz CT molecular complexity index is 547. The minimum absolute atomic E-state index is 0.0230. The number of nitrogens with zero attached hydrogens (tertiary/aromatic N) is 6. The molecule has 1 atom stereocenters. The van der Waals surface area contributed by atoms with Crippen LogP contribution >= 0.6 is 23.4 Å². The molecule has 7 nitrogen and oxygen atoms in total. The third-order valence-electron chi connectivity index (χ3n) is 2.73. The highest BCUT2D eigenvalue weighted by Gasteiger charge is 2.31. The molecule has 0 spiro atoms. The first kappa shape index (κ1) is 13.9. The molecule has 19 heavy (non-hydrogen) atoms. The fourth-order valence-corrected chi connectivity index (χ4v) is 2.49. The Kier molecular flexibility index (Phi) is 4.47. The van der Waals surface area contributed by atoms with E-state index in [1.54, 1.807) is 11.0 Å². The molecule has 1 amide bonds. The molecular weight excluding hydrogens is 288 g/mol. The zero-order valence-corrected chi connectivity index (χ0v) is 11.7. The van der Waals surface area contributed by atoms with Crippen LogP contribution in [0.5, 0.6) is 0 Å². The van der Waals surface area contributed by atoms with Crippen molar-refractivity contribution in [1.82, 2.24) is 9.97 Å². The second-order valence-corrected chi connectivity index (χ2v) is 5.18. The van der Waals surface area contributed by atoms with Gasteiger partial charge in [-0.05, 0) is 17.7 Å². The van der Waals surface area contributed by atoms with Crippen molar-refractivity contribution in [3.05, 3.63) is 21.7 Å². The van der Waals surface area contributed by atoms with E-state index >= 15 is 0 Å². The molecule has 1 aliphatic heterocycles. The van der Waals surface area contributed by atoms with Crippen LogP contribution in [0.25, 0.3) is 10.4 Å². The number of aromatic nitrogens is 2. The van der Waals surface area contributed by atoms with E-state index in [9.17, 15) is 4.79 Å². The summed E-state index contributed by atoms with van der Waals surface area (Å²) in [6, 6.07) is 1.56. The van der Waals surface area contributed by atoms with Gasteiger partial charge in [0, 0.05) is 30.5 Å². The Morgan fingerprint density at radius 1 is 1.68 bits per heavy atom. The molecule has 2 rings (SSSR count). The van der Waals surface area contributed by atoms with Gasteiger partial charge in [-0.25, -0.2) is 9.97 Å². The SMILES string of the molecule is CSc1nc(Cl)cc(N2CC(CN=[N+]=[N-])CC2=O)n1. The van der Waals surface area contributed by atoms with Gasteiger partial charge >= 0.3 is 0 Å². The van der Waals surface area contributed by atoms with Crippen molar-refractivity contribution in [2.75, 3.05) is 24.2 Å². The molecule has 0 aliphatic carbocycles. The number of amides is 1. The second-order valence-electron chi connectivity index (χ2n) is 4.02. The summed E-state index contributed by atoms with van der Waals surface area (Å²) >= 11 is 7.27. The number of hydrogen-bond acceptors (Lipinski definition) is 5. The van der Waals surface area contributed by atoms with Crippen molar-refractivity contribution in [3.8, 4) is 0 Å². The average Bonchev–Trinajstić information content (AvgIpc) is 2.76. The fourth-order valence-electron chi connectivity index (χ4n) is 1.89. The molecule has 0 saturated carbocycles. The van der Waals surface area contributed by atoms with Crippen LogP contribution in [-0.2, 0) is 4.79 Å². The lowest BCUT2D eigenvalue weighted by molar-refractivity contribution is -0.117. The predicted octanol–water partition coefficient (Wildman–Crippen LogP) is 2.52. The monoisotopic (exact) mass is 298 g/mol. The molecule has 9 heteroatoms. The third kappa shape index (κ3) is 3.28. The number of thioether (sulfide) groups is 1. The van der Waals surface area contributed by atoms with Gasteiger partial charge in [-0.2, -0.15) is 0 Å². The zero-order valence-electron chi connectivity index (χ0n) is 10.2. The molecule has 1 aliphatic rings. The maximum Gasteiger partial charge on any atom is 0.228 e. The summed E-state index contributed by atoms with van der Waals surface area (Å²) < 4.78 is 0. The molecular formula is C10H11ClN6OS. The van der Waals surface area contributed by atoms with Gasteiger partial charge in [0.05, 0.1) is 0 Å². The standard InChI is InChI=1S/C10H11ClN6OS/c1-19-10-14-7(11)3-8(15-10)17-5-6(2-9(17)18)4-13-16-12/h3,6H,2,4-5H2,1H3. The van der Waals surface area contributed by atoms with Crippen molar-refractivity contribution in [2.24, 2.45) is 11.0 Å². The van der Waals surface area contributed by atoms with E-state index in [1.165, 1.54) is 11.8 Å². The largest absolute Gasteiger partial charge is 0.296 e. The van der Waals surface area contributed by atoms with E-state index in [1.807, 2.05) is 6.26 Å². The molecule has 1 fully saturated rings. The number of rotatable bonds is 4. The molecule has 1 aromatic heterocycles. The quantitative estimate of drug-likeness (QED) is 0.213. The van der Waals surface area contributed by atoms with E-state index < -0.39 is 0 Å². The smallest absolute Gasteiger partial charge is 0.228 e. The number of azide groups is 1. The highest BCUT2D eigenvalue weighted by atomic mass is 35.5. The molecule has 1 aromatic rings. The molecule has 1 saturated heterocycles. The first-order chi connectivity index (χ1) is 9.13. The van der Waals surface area contributed by atoms with Crippen molar-refractivity contribution in [2.45, 2.75) is 11.6 Å². The van der Waals surface area contributed by atoms with Crippen LogP contribution in [0.15, 0.2) is 16.3 Å². The highest BCUT2D eigenvalue weighted by molar-refractivity contribution is 7.98. The lowest BCUT2D eigenvalue weighted by atomic mass is 10.1. The third-order valence-corrected chi connectivity index (χ3v) is 3.47. The van der Waals surface area contributed by atoms with E-state index in [4.69, 9.17) is 17.1 Å². The fraction of sp³-hybridized carbons (Fsp3) is 0.500. The maximum absolute atomic E-state index is 11.9. The van der Waals surface area contributed by atoms with Gasteiger partial charge in [0.25, 0.3) is 0 Å². The molecule has 0 aromatic carbocycles. The van der Waals surface area contributed by atoms with Crippen LogP contribution in [-0.4, -0.2) is 35.2 Å². The second kappa shape index (κ2) is 6.10. The number of carbonyl (C=O) groups excluding carboxylic acids is 1. The Labute approximate surface area is 119 Å². The first-order valence-corrected chi connectivity index (χ1v) is 7.14. The Morgan fingerprint density at radius 3 is 3.16 bits per heavy atom. The van der Waals surface area contributed by atoms with Crippen molar-refractivity contribution in [1.29, 1.82) is 0 Å².